The molecule has 1 aromatic carbocycles. The zero-order valence-corrected chi connectivity index (χ0v) is 10.2. The molecule has 0 heterocycles. The van der Waals surface area contributed by atoms with Crippen LogP contribution in [0.3, 0.4) is 0 Å². The van der Waals surface area contributed by atoms with Gasteiger partial charge in [0.1, 0.15) is 11.6 Å². The Hall–Kier alpha value is -0.960. The normalized spacial score (nSPS) is 21.2. The summed E-state index contributed by atoms with van der Waals surface area (Å²) in [5, 5.41) is 0. The van der Waals surface area contributed by atoms with Crippen molar-refractivity contribution in [3.8, 4) is 0 Å². The van der Waals surface area contributed by atoms with Crippen LogP contribution in [0, 0.1) is 17.0 Å². The van der Waals surface area contributed by atoms with E-state index < -0.39 is 17.7 Å². The van der Waals surface area contributed by atoms with E-state index in [1.165, 1.54) is 12.5 Å². The molecule has 1 nitrogen and oxygen atoms in total. The van der Waals surface area contributed by atoms with Gasteiger partial charge in [-0.3, -0.25) is 0 Å². The maximum absolute atomic E-state index is 13.7. The van der Waals surface area contributed by atoms with Crippen LogP contribution in [-0.4, -0.2) is 0 Å². The molecule has 1 fully saturated rings. The van der Waals surface area contributed by atoms with Crippen molar-refractivity contribution >= 4 is 0 Å². The van der Waals surface area contributed by atoms with Gasteiger partial charge in [0, 0.05) is 11.6 Å². The van der Waals surface area contributed by atoms with E-state index in [1.807, 2.05) is 0 Å². The molecule has 0 radical (unpaired) electrons. The third kappa shape index (κ3) is 2.49. The Morgan fingerprint density at radius 3 is 2.47 bits per heavy atom. The summed E-state index contributed by atoms with van der Waals surface area (Å²) in [5.41, 5.74) is 6.38. The molecular weight excluding hydrogens is 220 g/mol. The zero-order chi connectivity index (χ0) is 12.5. The monoisotopic (exact) mass is 239 g/mol. The van der Waals surface area contributed by atoms with Gasteiger partial charge in [-0.1, -0.05) is 26.2 Å². The van der Waals surface area contributed by atoms with E-state index in [9.17, 15) is 8.78 Å². The minimum atomic E-state index is -0.420. The smallest absolute Gasteiger partial charge is 0.128 e. The quantitative estimate of drug-likeness (QED) is 0.831. The van der Waals surface area contributed by atoms with Gasteiger partial charge < -0.3 is 5.73 Å². The molecule has 1 aliphatic rings. The highest BCUT2D eigenvalue weighted by Gasteiger charge is 2.35. The molecule has 0 aliphatic heterocycles. The third-order valence-corrected chi connectivity index (χ3v) is 4.04. The standard InChI is InChI=1S/C14H19F2N/c1-14(7-3-2-4-8-14)13(17)11-9-10(15)5-6-12(11)16/h5-6,9,13H,2-4,7-8,17H2,1H3. The Bertz CT molecular complexity index is 397. The van der Waals surface area contributed by atoms with Gasteiger partial charge in [0.15, 0.2) is 0 Å². The summed E-state index contributed by atoms with van der Waals surface area (Å²) in [4.78, 5) is 0. The van der Waals surface area contributed by atoms with Crippen molar-refractivity contribution in [3.63, 3.8) is 0 Å². The minimum Gasteiger partial charge on any atom is -0.323 e. The number of benzene rings is 1. The van der Waals surface area contributed by atoms with Crippen molar-refractivity contribution < 1.29 is 8.78 Å². The number of halogens is 2. The first-order valence-corrected chi connectivity index (χ1v) is 6.23. The number of nitrogens with two attached hydrogens (primary N) is 1. The first kappa shape index (κ1) is 12.5. The molecule has 1 aliphatic carbocycles. The molecule has 17 heavy (non-hydrogen) atoms. The van der Waals surface area contributed by atoms with Gasteiger partial charge in [-0.15, -0.1) is 0 Å². The molecule has 2 rings (SSSR count). The third-order valence-electron chi connectivity index (χ3n) is 4.04. The van der Waals surface area contributed by atoms with Crippen LogP contribution in [-0.2, 0) is 0 Å². The topological polar surface area (TPSA) is 26.0 Å². The second kappa shape index (κ2) is 4.73. The van der Waals surface area contributed by atoms with E-state index in [0.717, 1.165) is 37.8 Å². The lowest BCUT2D eigenvalue weighted by Crippen LogP contribution is -2.34. The van der Waals surface area contributed by atoms with Gasteiger partial charge in [0.25, 0.3) is 0 Å². The molecule has 94 valence electrons. The molecular formula is C14H19F2N. The van der Waals surface area contributed by atoms with Crippen LogP contribution < -0.4 is 5.73 Å². The molecule has 1 unspecified atom stereocenters. The highest BCUT2D eigenvalue weighted by atomic mass is 19.1. The minimum absolute atomic E-state index is 0.104. The fourth-order valence-corrected chi connectivity index (χ4v) is 2.80. The average molecular weight is 239 g/mol. The zero-order valence-electron chi connectivity index (χ0n) is 10.2. The Balaban J connectivity index is 2.29. The molecule has 1 saturated carbocycles. The number of hydrogen-bond acceptors (Lipinski definition) is 1. The predicted octanol–water partition coefficient (Wildman–Crippen LogP) is 3.94. The predicted molar refractivity (Wildman–Crippen MR) is 64.5 cm³/mol. The lowest BCUT2D eigenvalue weighted by atomic mass is 9.69. The summed E-state index contributed by atoms with van der Waals surface area (Å²) >= 11 is 0. The number of hydrogen-bond donors (Lipinski definition) is 1. The molecule has 0 bridgehead atoms. The molecule has 0 spiro atoms. The Labute approximate surface area is 101 Å². The average Bonchev–Trinajstić information content (AvgIpc) is 2.32. The Morgan fingerprint density at radius 2 is 1.82 bits per heavy atom. The molecule has 0 amide bonds. The number of rotatable bonds is 2. The van der Waals surface area contributed by atoms with Crippen molar-refractivity contribution in [1.82, 2.24) is 0 Å². The van der Waals surface area contributed by atoms with Gasteiger partial charge in [0.05, 0.1) is 0 Å². The van der Waals surface area contributed by atoms with Crippen LogP contribution in [0.2, 0.25) is 0 Å². The SMILES string of the molecule is CC1(C(N)c2cc(F)ccc2F)CCCCC1. The molecule has 3 heteroatoms. The molecule has 0 aromatic heterocycles. The van der Waals surface area contributed by atoms with Gasteiger partial charge in [0.2, 0.25) is 0 Å². The van der Waals surface area contributed by atoms with E-state index >= 15 is 0 Å². The van der Waals surface area contributed by atoms with Crippen molar-refractivity contribution in [3.05, 3.63) is 35.4 Å². The lowest BCUT2D eigenvalue weighted by molar-refractivity contribution is 0.167. The molecule has 1 atom stereocenters. The summed E-state index contributed by atoms with van der Waals surface area (Å²) in [5.74, 6) is -0.818. The van der Waals surface area contributed by atoms with E-state index in [0.29, 0.717) is 5.56 Å². The first-order valence-electron chi connectivity index (χ1n) is 6.23. The highest BCUT2D eigenvalue weighted by molar-refractivity contribution is 5.24. The van der Waals surface area contributed by atoms with Crippen molar-refractivity contribution in [2.24, 2.45) is 11.1 Å². The first-order chi connectivity index (χ1) is 8.03. The summed E-state index contributed by atoms with van der Waals surface area (Å²) in [7, 11) is 0. The van der Waals surface area contributed by atoms with Crippen LogP contribution in [0.4, 0.5) is 8.78 Å². The summed E-state index contributed by atoms with van der Waals surface area (Å²) in [6.45, 7) is 2.08. The van der Waals surface area contributed by atoms with Crippen LogP contribution >= 0.6 is 0 Å². The summed E-state index contributed by atoms with van der Waals surface area (Å²) in [6, 6.07) is 3.12. The molecule has 1 aromatic rings. The van der Waals surface area contributed by atoms with Gasteiger partial charge in [-0.05, 0) is 36.5 Å². The van der Waals surface area contributed by atoms with Gasteiger partial charge >= 0.3 is 0 Å². The van der Waals surface area contributed by atoms with Crippen LogP contribution in [0.1, 0.15) is 50.6 Å². The maximum Gasteiger partial charge on any atom is 0.128 e. The van der Waals surface area contributed by atoms with E-state index in [4.69, 9.17) is 5.73 Å². The van der Waals surface area contributed by atoms with Crippen molar-refractivity contribution in [2.45, 2.75) is 45.1 Å². The Morgan fingerprint density at radius 1 is 1.18 bits per heavy atom. The van der Waals surface area contributed by atoms with E-state index in [1.54, 1.807) is 0 Å². The second-order valence-electron chi connectivity index (χ2n) is 5.36. The van der Waals surface area contributed by atoms with Crippen LogP contribution in [0.15, 0.2) is 18.2 Å². The lowest BCUT2D eigenvalue weighted by Gasteiger charge is -2.39. The highest BCUT2D eigenvalue weighted by Crippen LogP contribution is 2.44. The fraction of sp³-hybridized carbons (Fsp3) is 0.571. The fourth-order valence-electron chi connectivity index (χ4n) is 2.80. The summed E-state index contributed by atoms with van der Waals surface area (Å²) < 4.78 is 26.9. The summed E-state index contributed by atoms with van der Waals surface area (Å²) in [6.07, 6.45) is 5.45. The van der Waals surface area contributed by atoms with Crippen molar-refractivity contribution in [2.75, 3.05) is 0 Å². The van der Waals surface area contributed by atoms with Crippen LogP contribution in [0.5, 0.6) is 0 Å². The molecule has 2 N–H and O–H groups in total. The van der Waals surface area contributed by atoms with E-state index in [2.05, 4.69) is 6.92 Å². The molecule has 0 saturated heterocycles. The van der Waals surface area contributed by atoms with Crippen LogP contribution in [0.25, 0.3) is 0 Å². The Kier molecular flexibility index (Phi) is 3.48. The van der Waals surface area contributed by atoms with Gasteiger partial charge in [-0.2, -0.15) is 0 Å². The van der Waals surface area contributed by atoms with E-state index in [-0.39, 0.29) is 5.41 Å². The second-order valence-corrected chi connectivity index (χ2v) is 5.36. The van der Waals surface area contributed by atoms with Gasteiger partial charge in [-0.25, -0.2) is 8.78 Å². The largest absolute Gasteiger partial charge is 0.323 e. The maximum atomic E-state index is 13.7. The van der Waals surface area contributed by atoms with Crippen molar-refractivity contribution in [1.29, 1.82) is 0 Å².